The molecular weight excluding hydrogens is 327 g/mol. The zero-order valence-corrected chi connectivity index (χ0v) is 12.3. The number of nitrogens with zero attached hydrogens (tertiary/aromatic N) is 3. The Balaban J connectivity index is 2.29. The third kappa shape index (κ3) is 4.01. The number of benzene rings is 1. The second-order valence-electron chi connectivity index (χ2n) is 3.60. The first-order valence-electron chi connectivity index (χ1n) is 5.18. The van der Waals surface area contributed by atoms with E-state index in [1.54, 1.807) is 12.1 Å². The second-order valence-corrected chi connectivity index (χ2v) is 4.88. The highest BCUT2D eigenvalue weighted by Gasteiger charge is 2.08. The third-order valence-corrected chi connectivity index (χ3v) is 2.88. The van der Waals surface area contributed by atoms with Crippen LogP contribution in [0.1, 0.15) is 5.56 Å². The van der Waals surface area contributed by atoms with E-state index in [2.05, 4.69) is 24.5 Å². The van der Waals surface area contributed by atoms with E-state index in [1.165, 1.54) is 6.07 Å². The van der Waals surface area contributed by atoms with Gasteiger partial charge in [0, 0.05) is 11.8 Å². The third-order valence-electron chi connectivity index (χ3n) is 2.20. The van der Waals surface area contributed by atoms with Gasteiger partial charge in [0.1, 0.15) is 5.75 Å². The molecule has 7 nitrogen and oxygen atoms in total. The molecule has 20 heavy (non-hydrogen) atoms. The van der Waals surface area contributed by atoms with Crippen molar-refractivity contribution >= 4 is 46.2 Å². The molecule has 2 aromatic rings. The SMILES string of the molecule is Cc1ccc(OS(=O)O)cc1Nc1nc(Cl)nc(Cl)n1. The van der Waals surface area contributed by atoms with Crippen molar-refractivity contribution in [2.75, 3.05) is 5.32 Å². The molecule has 1 unspecified atom stereocenters. The smallest absolute Gasteiger partial charge is 0.357 e. The van der Waals surface area contributed by atoms with Gasteiger partial charge in [-0.2, -0.15) is 19.2 Å². The number of halogens is 2. The molecule has 1 atom stereocenters. The Morgan fingerprint density at radius 1 is 1.25 bits per heavy atom. The van der Waals surface area contributed by atoms with Crippen LogP contribution in [-0.4, -0.2) is 23.7 Å². The van der Waals surface area contributed by atoms with E-state index in [9.17, 15) is 4.21 Å². The van der Waals surface area contributed by atoms with Gasteiger partial charge < -0.3 is 9.50 Å². The van der Waals surface area contributed by atoms with Crippen LogP contribution in [0.25, 0.3) is 0 Å². The number of aromatic nitrogens is 3. The molecule has 0 aliphatic rings. The predicted molar refractivity (Wildman–Crippen MR) is 75.7 cm³/mol. The Morgan fingerprint density at radius 3 is 2.50 bits per heavy atom. The molecule has 0 radical (unpaired) electrons. The molecule has 0 aliphatic carbocycles. The monoisotopic (exact) mass is 334 g/mol. The largest absolute Gasteiger partial charge is 0.380 e. The number of aryl methyl sites for hydroxylation is 1. The summed E-state index contributed by atoms with van der Waals surface area (Å²) < 4.78 is 24.0. The first kappa shape index (κ1) is 14.9. The van der Waals surface area contributed by atoms with Crippen molar-refractivity contribution in [2.24, 2.45) is 0 Å². The summed E-state index contributed by atoms with van der Waals surface area (Å²) in [4.78, 5) is 11.3. The lowest BCUT2D eigenvalue weighted by Crippen LogP contribution is -2.02. The lowest BCUT2D eigenvalue weighted by molar-refractivity contribution is 0.458. The highest BCUT2D eigenvalue weighted by atomic mass is 35.5. The highest BCUT2D eigenvalue weighted by molar-refractivity contribution is 7.74. The number of hydrogen-bond acceptors (Lipinski definition) is 6. The Morgan fingerprint density at radius 2 is 1.90 bits per heavy atom. The van der Waals surface area contributed by atoms with Crippen LogP contribution in [0.3, 0.4) is 0 Å². The van der Waals surface area contributed by atoms with E-state index in [4.69, 9.17) is 27.8 Å². The van der Waals surface area contributed by atoms with Gasteiger partial charge in [-0.3, -0.25) is 4.55 Å². The molecule has 0 spiro atoms. The Bertz CT molecular complexity index is 651. The average Bonchev–Trinajstić information content (AvgIpc) is 2.31. The van der Waals surface area contributed by atoms with Gasteiger partial charge in [-0.25, -0.2) is 0 Å². The van der Waals surface area contributed by atoms with Gasteiger partial charge in [-0.15, -0.1) is 0 Å². The van der Waals surface area contributed by atoms with Crippen molar-refractivity contribution in [3.63, 3.8) is 0 Å². The van der Waals surface area contributed by atoms with E-state index in [0.29, 0.717) is 5.69 Å². The summed E-state index contributed by atoms with van der Waals surface area (Å²) in [6.45, 7) is 1.83. The van der Waals surface area contributed by atoms with Crippen molar-refractivity contribution in [3.05, 3.63) is 34.3 Å². The van der Waals surface area contributed by atoms with E-state index >= 15 is 0 Å². The van der Waals surface area contributed by atoms with E-state index in [0.717, 1.165) is 5.56 Å². The molecule has 106 valence electrons. The maximum Gasteiger partial charge on any atom is 0.357 e. The van der Waals surface area contributed by atoms with Gasteiger partial charge in [0.05, 0.1) is 0 Å². The summed E-state index contributed by atoms with van der Waals surface area (Å²) in [5.74, 6) is 0.366. The minimum Gasteiger partial charge on any atom is -0.380 e. The maximum absolute atomic E-state index is 10.6. The number of hydrogen-bond donors (Lipinski definition) is 2. The summed E-state index contributed by atoms with van der Waals surface area (Å²) in [7, 11) is 0. The lowest BCUT2D eigenvalue weighted by Gasteiger charge is -2.09. The zero-order valence-electron chi connectivity index (χ0n) is 10.0. The second kappa shape index (κ2) is 6.31. The van der Waals surface area contributed by atoms with Crippen LogP contribution in [0.2, 0.25) is 10.6 Å². The Kier molecular flexibility index (Phi) is 4.71. The van der Waals surface area contributed by atoms with Crippen molar-refractivity contribution < 1.29 is 12.9 Å². The van der Waals surface area contributed by atoms with E-state index in [-0.39, 0.29) is 22.3 Å². The number of anilines is 2. The first-order valence-corrected chi connectivity index (χ1v) is 6.97. The van der Waals surface area contributed by atoms with Gasteiger partial charge >= 0.3 is 11.4 Å². The van der Waals surface area contributed by atoms with Crippen molar-refractivity contribution in [1.29, 1.82) is 0 Å². The minimum absolute atomic E-state index is 0.0472. The first-order chi connectivity index (χ1) is 9.44. The molecule has 2 N–H and O–H groups in total. The van der Waals surface area contributed by atoms with Crippen LogP contribution in [0.5, 0.6) is 5.75 Å². The molecular formula is C10H8Cl2N4O3S. The Hall–Kier alpha value is -1.48. The van der Waals surface area contributed by atoms with Gasteiger partial charge in [0.2, 0.25) is 16.5 Å². The zero-order chi connectivity index (χ0) is 14.7. The summed E-state index contributed by atoms with van der Waals surface area (Å²) in [6.07, 6.45) is 0. The molecule has 0 amide bonds. The Labute approximate surface area is 126 Å². The van der Waals surface area contributed by atoms with Crippen molar-refractivity contribution in [2.45, 2.75) is 6.92 Å². The average molecular weight is 335 g/mol. The predicted octanol–water partition coefficient (Wildman–Crippen LogP) is 2.75. The molecule has 0 aliphatic heterocycles. The van der Waals surface area contributed by atoms with E-state index < -0.39 is 11.4 Å². The van der Waals surface area contributed by atoms with Crippen LogP contribution >= 0.6 is 23.2 Å². The number of rotatable bonds is 4. The van der Waals surface area contributed by atoms with Gasteiger partial charge in [0.15, 0.2) is 0 Å². The molecule has 1 aromatic heterocycles. The lowest BCUT2D eigenvalue weighted by atomic mass is 10.2. The minimum atomic E-state index is -2.40. The molecule has 1 heterocycles. The standard InChI is InChI=1S/C10H8Cl2N4O3S/c1-5-2-3-6(19-20(17)18)4-7(5)13-10-15-8(11)14-9(12)16-10/h2-4H,1H3,(H,17,18)(H,13,14,15,16). The van der Waals surface area contributed by atoms with E-state index in [1.807, 2.05) is 6.92 Å². The van der Waals surface area contributed by atoms with Crippen LogP contribution in [0.4, 0.5) is 11.6 Å². The van der Waals surface area contributed by atoms with Crippen LogP contribution in [0.15, 0.2) is 18.2 Å². The fraction of sp³-hybridized carbons (Fsp3) is 0.100. The molecule has 0 fully saturated rings. The molecule has 0 bridgehead atoms. The van der Waals surface area contributed by atoms with Gasteiger partial charge in [-0.05, 0) is 41.8 Å². The molecule has 10 heteroatoms. The highest BCUT2D eigenvalue weighted by Crippen LogP contribution is 2.25. The molecule has 2 rings (SSSR count). The fourth-order valence-electron chi connectivity index (χ4n) is 1.37. The van der Waals surface area contributed by atoms with Crippen LogP contribution in [0, 0.1) is 6.92 Å². The number of nitrogens with one attached hydrogen (secondary N) is 1. The van der Waals surface area contributed by atoms with Gasteiger partial charge in [-0.1, -0.05) is 6.07 Å². The molecule has 0 saturated heterocycles. The summed E-state index contributed by atoms with van der Waals surface area (Å²) in [5, 5.41) is 2.78. The molecule has 0 saturated carbocycles. The fourth-order valence-corrected chi connectivity index (χ4v) is 2.00. The quantitative estimate of drug-likeness (QED) is 0.829. The normalized spacial score (nSPS) is 12.0. The summed E-state index contributed by atoms with van der Waals surface area (Å²) >= 11 is 8.95. The van der Waals surface area contributed by atoms with Crippen LogP contribution in [-0.2, 0) is 11.4 Å². The van der Waals surface area contributed by atoms with Crippen molar-refractivity contribution in [3.8, 4) is 5.75 Å². The topological polar surface area (TPSA) is 97.2 Å². The van der Waals surface area contributed by atoms with Crippen LogP contribution < -0.4 is 9.50 Å². The maximum atomic E-state index is 10.6. The summed E-state index contributed by atoms with van der Waals surface area (Å²) in [6, 6.07) is 4.78. The summed E-state index contributed by atoms with van der Waals surface area (Å²) in [5.41, 5.74) is 1.42. The van der Waals surface area contributed by atoms with Gasteiger partial charge in [0.25, 0.3) is 0 Å². The molecule has 1 aromatic carbocycles. The van der Waals surface area contributed by atoms with Crippen molar-refractivity contribution in [1.82, 2.24) is 15.0 Å².